The van der Waals surface area contributed by atoms with Gasteiger partial charge in [-0.2, -0.15) is 0 Å². The highest BCUT2D eigenvalue weighted by atomic mass is 16.5. The van der Waals surface area contributed by atoms with Crippen molar-refractivity contribution < 1.29 is 14.3 Å². The second-order valence-electron chi connectivity index (χ2n) is 7.05. The van der Waals surface area contributed by atoms with Gasteiger partial charge in [-0.15, -0.1) is 0 Å². The highest BCUT2D eigenvalue weighted by Crippen LogP contribution is 2.25. The van der Waals surface area contributed by atoms with Crippen LogP contribution in [0.3, 0.4) is 0 Å². The Morgan fingerprint density at radius 3 is 2.54 bits per heavy atom. The molecule has 2 atom stereocenters. The summed E-state index contributed by atoms with van der Waals surface area (Å²) in [5.41, 5.74) is 1.45. The van der Waals surface area contributed by atoms with Gasteiger partial charge in [0.15, 0.2) is 0 Å². The molecule has 0 spiro atoms. The number of likely N-dealkylation sites (tertiary alicyclic amines) is 1. The number of ether oxygens (including phenoxy) is 1. The van der Waals surface area contributed by atoms with E-state index in [0.29, 0.717) is 18.0 Å². The van der Waals surface area contributed by atoms with E-state index in [-0.39, 0.29) is 23.8 Å². The molecular formula is C22H27N3O3. The number of nitrogens with one attached hydrogen (secondary N) is 2. The zero-order chi connectivity index (χ0) is 19.9. The summed E-state index contributed by atoms with van der Waals surface area (Å²) >= 11 is 0. The van der Waals surface area contributed by atoms with Crippen LogP contribution >= 0.6 is 0 Å². The molecule has 148 valence electrons. The maximum atomic E-state index is 12.7. The third kappa shape index (κ3) is 4.89. The number of carbonyl (C=O) groups is 2. The lowest BCUT2D eigenvalue weighted by Crippen LogP contribution is -2.49. The number of hydrogen-bond donors (Lipinski definition) is 2. The van der Waals surface area contributed by atoms with E-state index in [1.807, 2.05) is 61.5 Å². The predicted octanol–water partition coefficient (Wildman–Crippen LogP) is 3.37. The zero-order valence-corrected chi connectivity index (χ0v) is 16.4. The Morgan fingerprint density at radius 1 is 1.07 bits per heavy atom. The van der Waals surface area contributed by atoms with Gasteiger partial charge in [-0.05, 0) is 50.6 Å². The summed E-state index contributed by atoms with van der Waals surface area (Å²) in [6.07, 6.45) is 1.72. The molecule has 0 aromatic heterocycles. The SMILES string of the molecule is COc1ccccc1NC(=O)[C@H](C)N1CCC[C@@H](C(=O)Nc2ccccc2)C1. The number of methoxy groups -OCH3 is 1. The van der Waals surface area contributed by atoms with Gasteiger partial charge in [0.2, 0.25) is 11.8 Å². The summed E-state index contributed by atoms with van der Waals surface area (Å²) in [6.45, 7) is 3.25. The van der Waals surface area contributed by atoms with Gasteiger partial charge in [-0.25, -0.2) is 0 Å². The topological polar surface area (TPSA) is 70.7 Å². The Balaban J connectivity index is 1.59. The van der Waals surface area contributed by atoms with Crippen LogP contribution in [0.25, 0.3) is 0 Å². The highest BCUT2D eigenvalue weighted by Gasteiger charge is 2.31. The molecule has 1 fully saturated rings. The molecule has 0 bridgehead atoms. The van der Waals surface area contributed by atoms with Crippen LogP contribution in [0.15, 0.2) is 54.6 Å². The van der Waals surface area contributed by atoms with Gasteiger partial charge in [-0.3, -0.25) is 14.5 Å². The molecule has 0 radical (unpaired) electrons. The summed E-state index contributed by atoms with van der Waals surface area (Å²) in [5, 5.41) is 5.91. The number of para-hydroxylation sites is 3. The van der Waals surface area contributed by atoms with Crippen LogP contribution in [0.1, 0.15) is 19.8 Å². The van der Waals surface area contributed by atoms with Crippen molar-refractivity contribution >= 4 is 23.2 Å². The maximum absolute atomic E-state index is 12.7. The summed E-state index contributed by atoms with van der Waals surface area (Å²) in [6, 6.07) is 16.5. The minimum atomic E-state index is -0.336. The van der Waals surface area contributed by atoms with Crippen LogP contribution in [-0.4, -0.2) is 43.0 Å². The van der Waals surface area contributed by atoms with E-state index in [1.54, 1.807) is 7.11 Å². The van der Waals surface area contributed by atoms with E-state index in [0.717, 1.165) is 25.1 Å². The van der Waals surface area contributed by atoms with Crippen LogP contribution in [0.5, 0.6) is 5.75 Å². The first-order chi connectivity index (χ1) is 13.6. The third-order valence-electron chi connectivity index (χ3n) is 5.16. The van der Waals surface area contributed by atoms with E-state index in [2.05, 4.69) is 15.5 Å². The van der Waals surface area contributed by atoms with Crippen molar-refractivity contribution in [3.05, 3.63) is 54.6 Å². The van der Waals surface area contributed by atoms with Crippen molar-refractivity contribution in [1.29, 1.82) is 0 Å². The third-order valence-corrected chi connectivity index (χ3v) is 5.16. The molecular weight excluding hydrogens is 354 g/mol. The van der Waals surface area contributed by atoms with Gasteiger partial charge in [0, 0.05) is 12.2 Å². The van der Waals surface area contributed by atoms with Gasteiger partial charge in [-0.1, -0.05) is 30.3 Å². The summed E-state index contributed by atoms with van der Waals surface area (Å²) < 4.78 is 5.30. The molecule has 0 aliphatic carbocycles. The number of hydrogen-bond acceptors (Lipinski definition) is 4. The number of benzene rings is 2. The number of rotatable bonds is 6. The van der Waals surface area contributed by atoms with Crippen molar-refractivity contribution in [2.24, 2.45) is 5.92 Å². The molecule has 0 saturated carbocycles. The standard InChI is InChI=1S/C22H27N3O3/c1-16(21(26)24-19-12-6-7-13-20(19)28-2)25-14-8-9-17(15-25)22(27)23-18-10-4-3-5-11-18/h3-7,10-13,16-17H,8-9,14-15H2,1-2H3,(H,23,27)(H,24,26)/t16-,17+/m0/s1. The average Bonchev–Trinajstić information content (AvgIpc) is 2.74. The molecule has 2 aromatic carbocycles. The first-order valence-electron chi connectivity index (χ1n) is 9.62. The van der Waals surface area contributed by atoms with Gasteiger partial charge in [0.25, 0.3) is 0 Å². The average molecular weight is 381 g/mol. The Labute approximate surface area is 165 Å². The lowest BCUT2D eigenvalue weighted by Gasteiger charge is -2.35. The fourth-order valence-corrected chi connectivity index (χ4v) is 3.49. The smallest absolute Gasteiger partial charge is 0.241 e. The van der Waals surface area contributed by atoms with Gasteiger partial charge >= 0.3 is 0 Å². The van der Waals surface area contributed by atoms with Crippen LogP contribution < -0.4 is 15.4 Å². The molecule has 28 heavy (non-hydrogen) atoms. The van der Waals surface area contributed by atoms with Crippen molar-refractivity contribution in [2.75, 3.05) is 30.8 Å². The molecule has 2 N–H and O–H groups in total. The minimum absolute atomic E-state index is 0.00763. The van der Waals surface area contributed by atoms with Crippen LogP contribution in [0.4, 0.5) is 11.4 Å². The molecule has 2 amide bonds. The van der Waals surface area contributed by atoms with Gasteiger partial charge in [0.1, 0.15) is 5.75 Å². The monoisotopic (exact) mass is 381 g/mol. The first-order valence-corrected chi connectivity index (χ1v) is 9.62. The summed E-state index contributed by atoms with van der Waals surface area (Å²) in [4.78, 5) is 27.4. The second-order valence-corrected chi connectivity index (χ2v) is 7.05. The van der Waals surface area contributed by atoms with E-state index < -0.39 is 0 Å². The minimum Gasteiger partial charge on any atom is -0.495 e. The van der Waals surface area contributed by atoms with E-state index >= 15 is 0 Å². The molecule has 6 heteroatoms. The lowest BCUT2D eigenvalue weighted by atomic mass is 9.95. The quantitative estimate of drug-likeness (QED) is 0.805. The largest absolute Gasteiger partial charge is 0.495 e. The van der Waals surface area contributed by atoms with Crippen LogP contribution in [0, 0.1) is 5.92 Å². The fourth-order valence-electron chi connectivity index (χ4n) is 3.49. The molecule has 1 aliphatic rings. The van der Waals surface area contributed by atoms with Crippen molar-refractivity contribution in [3.63, 3.8) is 0 Å². The first kappa shape index (κ1) is 19.9. The Hall–Kier alpha value is -2.86. The summed E-state index contributed by atoms with van der Waals surface area (Å²) in [5.74, 6) is 0.402. The van der Waals surface area contributed by atoms with Gasteiger partial charge in [0.05, 0.1) is 24.8 Å². The lowest BCUT2D eigenvalue weighted by molar-refractivity contribution is -0.125. The normalized spacial score (nSPS) is 18.1. The Bertz CT molecular complexity index is 810. The van der Waals surface area contributed by atoms with E-state index in [1.165, 1.54) is 0 Å². The maximum Gasteiger partial charge on any atom is 0.241 e. The van der Waals surface area contributed by atoms with Crippen molar-refractivity contribution in [1.82, 2.24) is 4.90 Å². The fraction of sp³-hybridized carbons (Fsp3) is 0.364. The zero-order valence-electron chi connectivity index (χ0n) is 16.4. The van der Waals surface area contributed by atoms with E-state index in [9.17, 15) is 9.59 Å². The van der Waals surface area contributed by atoms with Crippen molar-refractivity contribution in [3.8, 4) is 5.75 Å². The van der Waals surface area contributed by atoms with Gasteiger partial charge < -0.3 is 15.4 Å². The molecule has 6 nitrogen and oxygen atoms in total. The predicted molar refractivity (Wildman–Crippen MR) is 110 cm³/mol. The number of amides is 2. The molecule has 1 aliphatic heterocycles. The Kier molecular flexibility index (Phi) is 6.66. The molecule has 3 rings (SSSR count). The number of anilines is 2. The molecule has 1 heterocycles. The van der Waals surface area contributed by atoms with Crippen LogP contribution in [-0.2, 0) is 9.59 Å². The van der Waals surface area contributed by atoms with Crippen molar-refractivity contribution in [2.45, 2.75) is 25.8 Å². The van der Waals surface area contributed by atoms with Crippen LogP contribution in [0.2, 0.25) is 0 Å². The molecule has 0 unspecified atom stereocenters. The van der Waals surface area contributed by atoms with E-state index in [4.69, 9.17) is 4.74 Å². The second kappa shape index (κ2) is 9.37. The summed E-state index contributed by atoms with van der Waals surface area (Å²) in [7, 11) is 1.58. The molecule has 2 aromatic rings. The highest BCUT2D eigenvalue weighted by molar-refractivity contribution is 5.96. The Morgan fingerprint density at radius 2 is 1.79 bits per heavy atom. The number of piperidine rings is 1. The number of carbonyl (C=O) groups excluding carboxylic acids is 2. The number of nitrogens with zero attached hydrogens (tertiary/aromatic N) is 1. The molecule has 1 saturated heterocycles.